The molecule has 0 aliphatic heterocycles. The van der Waals surface area contributed by atoms with E-state index in [1.54, 1.807) is 20.8 Å². The first-order chi connectivity index (χ1) is 12.8. The number of nitrogens with one attached hydrogen (secondary N) is 2. The average Bonchev–Trinajstić information content (AvgIpc) is 3.26. The molecule has 1 amide bonds. The number of aromatic nitrogens is 3. The van der Waals surface area contributed by atoms with Gasteiger partial charge in [0.25, 0.3) is 5.91 Å². The molecule has 0 saturated heterocycles. The van der Waals surface area contributed by atoms with Crippen molar-refractivity contribution in [3.05, 3.63) is 34.2 Å². The third-order valence-electron chi connectivity index (χ3n) is 4.76. The van der Waals surface area contributed by atoms with E-state index >= 15 is 0 Å². The number of amides is 1. The van der Waals surface area contributed by atoms with E-state index < -0.39 is 12.0 Å². The zero-order valence-electron chi connectivity index (χ0n) is 16.4. The minimum atomic E-state index is -0.436. The molecular formula is C19H26N4O4. The lowest BCUT2D eigenvalue weighted by Crippen LogP contribution is -2.32. The molecule has 2 aromatic rings. The van der Waals surface area contributed by atoms with Crippen LogP contribution in [0.3, 0.4) is 0 Å². The normalized spacial score (nSPS) is 15.0. The summed E-state index contributed by atoms with van der Waals surface area (Å²) in [5, 5.41) is 6.99. The van der Waals surface area contributed by atoms with E-state index in [1.165, 1.54) is 0 Å². The highest BCUT2D eigenvalue weighted by Crippen LogP contribution is 2.38. The van der Waals surface area contributed by atoms with Crippen molar-refractivity contribution in [2.24, 2.45) is 5.92 Å². The van der Waals surface area contributed by atoms with Crippen LogP contribution in [0.15, 0.2) is 4.52 Å². The number of nitrogens with zero attached hydrogens (tertiary/aromatic N) is 2. The van der Waals surface area contributed by atoms with Crippen molar-refractivity contribution in [1.29, 1.82) is 0 Å². The summed E-state index contributed by atoms with van der Waals surface area (Å²) in [4.78, 5) is 32.5. The molecule has 0 spiro atoms. The summed E-state index contributed by atoms with van der Waals surface area (Å²) >= 11 is 0. The van der Waals surface area contributed by atoms with E-state index in [4.69, 9.17) is 9.26 Å². The van der Waals surface area contributed by atoms with Crippen molar-refractivity contribution in [3.63, 3.8) is 0 Å². The molecule has 146 valence electrons. The summed E-state index contributed by atoms with van der Waals surface area (Å²) in [6.45, 7) is 9.45. The Bertz CT molecular complexity index is 848. The van der Waals surface area contributed by atoms with E-state index in [-0.39, 0.29) is 18.4 Å². The van der Waals surface area contributed by atoms with Gasteiger partial charge in [0.05, 0.1) is 12.2 Å². The van der Waals surface area contributed by atoms with Gasteiger partial charge in [-0.05, 0) is 45.1 Å². The van der Waals surface area contributed by atoms with Gasteiger partial charge in [0.15, 0.2) is 5.82 Å². The maximum Gasteiger partial charge on any atom is 0.340 e. The van der Waals surface area contributed by atoms with E-state index in [1.807, 2.05) is 13.8 Å². The predicted octanol–water partition coefficient (Wildman–Crippen LogP) is 3.20. The van der Waals surface area contributed by atoms with Crippen molar-refractivity contribution in [1.82, 2.24) is 20.4 Å². The van der Waals surface area contributed by atoms with Gasteiger partial charge in [-0.3, -0.25) is 4.79 Å². The fraction of sp³-hybridized carbons (Fsp3) is 0.579. The first kappa shape index (κ1) is 19.1. The summed E-state index contributed by atoms with van der Waals surface area (Å²) < 4.78 is 10.5. The summed E-state index contributed by atoms with van der Waals surface area (Å²) in [5.74, 6) is 0.798. The molecule has 1 aliphatic rings. The second-order valence-corrected chi connectivity index (χ2v) is 7.31. The molecule has 2 N–H and O–H groups in total. The minimum absolute atomic E-state index is 0.0577. The van der Waals surface area contributed by atoms with Crippen molar-refractivity contribution < 1.29 is 18.8 Å². The number of hydrogen-bond donors (Lipinski definition) is 2. The van der Waals surface area contributed by atoms with Gasteiger partial charge in [0.2, 0.25) is 5.89 Å². The Morgan fingerprint density at radius 3 is 2.63 bits per heavy atom. The zero-order valence-corrected chi connectivity index (χ0v) is 16.4. The molecule has 2 aromatic heterocycles. The fourth-order valence-electron chi connectivity index (χ4n) is 3.09. The molecule has 0 bridgehead atoms. The number of carbonyl (C=O) groups is 2. The second kappa shape index (κ2) is 7.54. The minimum Gasteiger partial charge on any atom is -0.462 e. The third-order valence-corrected chi connectivity index (χ3v) is 4.76. The fourth-order valence-corrected chi connectivity index (χ4v) is 3.09. The molecule has 0 aromatic carbocycles. The molecule has 1 unspecified atom stereocenters. The average molecular weight is 374 g/mol. The Morgan fingerprint density at radius 1 is 1.33 bits per heavy atom. The molecule has 8 heteroatoms. The largest absolute Gasteiger partial charge is 0.462 e. The molecule has 1 fully saturated rings. The Labute approximate surface area is 158 Å². The summed E-state index contributed by atoms with van der Waals surface area (Å²) in [6.07, 6.45) is 2.16. The van der Waals surface area contributed by atoms with E-state index in [0.29, 0.717) is 40.1 Å². The van der Waals surface area contributed by atoms with Crippen LogP contribution in [0, 0.1) is 19.8 Å². The Kier molecular flexibility index (Phi) is 5.34. The number of ether oxygens (including phenoxy) is 1. The topological polar surface area (TPSA) is 110 Å². The van der Waals surface area contributed by atoms with Crippen LogP contribution in [0.25, 0.3) is 0 Å². The van der Waals surface area contributed by atoms with Crippen molar-refractivity contribution in [2.45, 2.75) is 59.4 Å². The maximum absolute atomic E-state index is 12.9. The van der Waals surface area contributed by atoms with Gasteiger partial charge in [-0.2, -0.15) is 4.98 Å². The first-order valence-corrected chi connectivity index (χ1v) is 9.34. The van der Waals surface area contributed by atoms with Gasteiger partial charge in [-0.25, -0.2) is 4.79 Å². The monoisotopic (exact) mass is 374 g/mol. The van der Waals surface area contributed by atoms with Crippen molar-refractivity contribution in [2.75, 3.05) is 6.61 Å². The molecule has 1 saturated carbocycles. The lowest BCUT2D eigenvalue weighted by Gasteiger charge is -2.18. The van der Waals surface area contributed by atoms with Crippen molar-refractivity contribution in [3.8, 4) is 0 Å². The van der Waals surface area contributed by atoms with Gasteiger partial charge >= 0.3 is 5.97 Å². The summed E-state index contributed by atoms with van der Waals surface area (Å²) in [7, 11) is 0. The van der Waals surface area contributed by atoms with Gasteiger partial charge in [0, 0.05) is 11.6 Å². The molecule has 3 rings (SSSR count). The van der Waals surface area contributed by atoms with Gasteiger partial charge in [-0.15, -0.1) is 0 Å². The lowest BCUT2D eigenvalue weighted by molar-refractivity contribution is 0.0525. The smallest absolute Gasteiger partial charge is 0.340 e. The quantitative estimate of drug-likeness (QED) is 0.720. The van der Waals surface area contributed by atoms with Crippen molar-refractivity contribution >= 4 is 11.9 Å². The maximum atomic E-state index is 12.9. The van der Waals surface area contributed by atoms with E-state index in [9.17, 15) is 9.59 Å². The molecule has 1 aliphatic carbocycles. The van der Waals surface area contributed by atoms with Crippen LogP contribution in [0.4, 0.5) is 0 Å². The lowest BCUT2D eigenvalue weighted by atomic mass is 10.0. The van der Waals surface area contributed by atoms with Gasteiger partial charge < -0.3 is 19.6 Å². The molecular weight excluding hydrogens is 348 g/mol. The number of rotatable bonds is 7. The van der Waals surface area contributed by atoms with Crippen LogP contribution in [-0.4, -0.2) is 33.6 Å². The molecule has 1 atom stereocenters. The van der Waals surface area contributed by atoms with Crippen LogP contribution >= 0.6 is 0 Å². The Morgan fingerprint density at radius 2 is 2.04 bits per heavy atom. The number of esters is 1. The predicted molar refractivity (Wildman–Crippen MR) is 97.5 cm³/mol. The SMILES string of the molecule is CCOC(=O)c1c(C)[nH]c(C(=O)NC(c2nc(C3CC3)no2)C(C)C)c1C. The number of hydrogen-bond acceptors (Lipinski definition) is 6. The third kappa shape index (κ3) is 3.89. The standard InChI is InChI=1S/C19H26N4O4/c1-6-26-19(25)13-10(4)15(20-11(13)5)17(24)21-14(9(2)3)18-22-16(23-27-18)12-7-8-12/h9,12,14,20H,6-8H2,1-5H3,(H,21,24). The number of carbonyl (C=O) groups excluding carboxylic acids is 2. The zero-order chi connectivity index (χ0) is 19.7. The highest BCUT2D eigenvalue weighted by molar-refractivity contribution is 6.00. The van der Waals surface area contributed by atoms with Crippen LogP contribution in [0.1, 0.15) is 89.4 Å². The summed E-state index contributed by atoms with van der Waals surface area (Å²) in [5.41, 5.74) is 1.90. The van der Waals surface area contributed by atoms with Crippen LogP contribution < -0.4 is 5.32 Å². The van der Waals surface area contributed by atoms with E-state index in [0.717, 1.165) is 12.8 Å². The number of aromatic amines is 1. The Balaban J connectivity index is 1.81. The molecule has 2 heterocycles. The first-order valence-electron chi connectivity index (χ1n) is 9.34. The molecule has 8 nitrogen and oxygen atoms in total. The highest BCUT2D eigenvalue weighted by atomic mass is 16.5. The number of H-pyrrole nitrogens is 1. The number of aryl methyl sites for hydroxylation is 1. The summed E-state index contributed by atoms with van der Waals surface area (Å²) in [6, 6.07) is -0.411. The molecule has 27 heavy (non-hydrogen) atoms. The van der Waals surface area contributed by atoms with E-state index in [2.05, 4.69) is 20.4 Å². The van der Waals surface area contributed by atoms with Gasteiger partial charge in [0.1, 0.15) is 11.7 Å². The van der Waals surface area contributed by atoms with Gasteiger partial charge in [-0.1, -0.05) is 19.0 Å². The van der Waals surface area contributed by atoms with Crippen LogP contribution in [0.5, 0.6) is 0 Å². The second-order valence-electron chi connectivity index (χ2n) is 7.31. The molecule has 0 radical (unpaired) electrons. The highest BCUT2D eigenvalue weighted by Gasteiger charge is 2.32. The van der Waals surface area contributed by atoms with Crippen LogP contribution in [-0.2, 0) is 4.74 Å². The van der Waals surface area contributed by atoms with Crippen LogP contribution in [0.2, 0.25) is 0 Å². The Hall–Kier alpha value is -2.64.